The van der Waals surface area contributed by atoms with Gasteiger partial charge in [0.25, 0.3) is 5.95 Å². The second-order valence-corrected chi connectivity index (χ2v) is 9.57. The molecule has 36 heavy (non-hydrogen) atoms. The van der Waals surface area contributed by atoms with E-state index in [1.807, 2.05) is 79.7 Å². The Morgan fingerprint density at radius 2 is 1.97 bits per heavy atom. The van der Waals surface area contributed by atoms with Gasteiger partial charge in [-0.25, -0.2) is 10.1 Å². The Hall–Kier alpha value is -3.83. The van der Waals surface area contributed by atoms with E-state index in [1.54, 1.807) is 6.21 Å². The molecule has 0 aliphatic rings. The average molecular weight is 566 g/mol. The van der Waals surface area contributed by atoms with Crippen molar-refractivity contribution in [1.82, 2.24) is 14.9 Å². The summed E-state index contributed by atoms with van der Waals surface area (Å²) in [6.07, 6.45) is 1.62. The second-order valence-electron chi connectivity index (χ2n) is 7.71. The van der Waals surface area contributed by atoms with Crippen LogP contribution in [0.4, 0.5) is 11.6 Å². The highest BCUT2D eigenvalue weighted by Gasteiger charge is 2.12. The number of para-hydroxylation sites is 1. The van der Waals surface area contributed by atoms with Crippen LogP contribution in [0.5, 0.6) is 5.75 Å². The number of thioether (sulfide) groups is 1. The number of ether oxygens (including phenoxy) is 1. The molecule has 4 N–H and O–H groups in total. The zero-order valence-corrected chi connectivity index (χ0v) is 21.8. The molecule has 0 saturated carbocycles. The van der Waals surface area contributed by atoms with Crippen LogP contribution < -0.4 is 21.3 Å². The summed E-state index contributed by atoms with van der Waals surface area (Å²) in [7, 11) is 0. The summed E-state index contributed by atoms with van der Waals surface area (Å²) in [4.78, 5) is 12.3. The Kier molecular flexibility index (Phi) is 8.58. The fourth-order valence-electron chi connectivity index (χ4n) is 3.17. The molecular formula is C25H24BrN7O2S. The smallest absolute Gasteiger partial charge is 0.264 e. The number of hydrogen-bond acceptors (Lipinski definition) is 8. The van der Waals surface area contributed by atoms with E-state index >= 15 is 0 Å². The topological polar surface area (TPSA) is 119 Å². The van der Waals surface area contributed by atoms with E-state index < -0.39 is 0 Å². The number of aromatic nitrogens is 3. The molecule has 0 fully saturated rings. The number of nitrogens with two attached hydrogens (primary N) is 1. The number of halogens is 1. The summed E-state index contributed by atoms with van der Waals surface area (Å²) in [6.45, 7) is 2.39. The largest absolute Gasteiger partial charge is 0.488 e. The van der Waals surface area contributed by atoms with Gasteiger partial charge in [0.15, 0.2) is 0 Å². The molecular weight excluding hydrogens is 542 g/mol. The molecule has 184 valence electrons. The van der Waals surface area contributed by atoms with Crippen LogP contribution in [0.25, 0.3) is 0 Å². The number of nitrogens with zero attached hydrogens (tertiary/aromatic N) is 4. The van der Waals surface area contributed by atoms with Crippen LogP contribution in [-0.2, 0) is 11.4 Å². The summed E-state index contributed by atoms with van der Waals surface area (Å²) >= 11 is 4.64. The fraction of sp³-hybridized carbons (Fsp3) is 0.120. The summed E-state index contributed by atoms with van der Waals surface area (Å²) in [5.41, 5.74) is 6.42. The predicted octanol–water partition coefficient (Wildman–Crippen LogP) is 4.82. The lowest BCUT2D eigenvalue weighted by atomic mass is 10.2. The van der Waals surface area contributed by atoms with Gasteiger partial charge in [0.2, 0.25) is 11.1 Å². The fourth-order valence-corrected chi connectivity index (χ4v) is 4.27. The molecule has 0 atom stereocenters. The van der Waals surface area contributed by atoms with Crippen LogP contribution in [0, 0.1) is 6.92 Å². The number of nitrogen functional groups attached to an aromatic ring is 1. The number of carbonyl (C=O) groups excluding carboxylic acids is 1. The number of amides is 1. The van der Waals surface area contributed by atoms with E-state index in [2.05, 4.69) is 42.0 Å². The Bertz CT molecular complexity index is 1380. The van der Waals surface area contributed by atoms with Gasteiger partial charge in [0, 0.05) is 15.7 Å². The lowest BCUT2D eigenvalue weighted by Crippen LogP contribution is -2.17. The lowest BCUT2D eigenvalue weighted by Gasteiger charge is -2.09. The average Bonchev–Trinajstić information content (AvgIpc) is 3.21. The molecule has 4 aromatic rings. The number of rotatable bonds is 10. The monoisotopic (exact) mass is 565 g/mol. The predicted molar refractivity (Wildman–Crippen MR) is 147 cm³/mol. The van der Waals surface area contributed by atoms with E-state index in [4.69, 9.17) is 10.6 Å². The number of nitrogens with one attached hydrogen (secondary N) is 2. The Morgan fingerprint density at radius 1 is 1.14 bits per heavy atom. The molecule has 0 saturated heterocycles. The Balaban J connectivity index is 1.31. The normalized spacial score (nSPS) is 10.9. The summed E-state index contributed by atoms with van der Waals surface area (Å²) in [5.74, 6) is 6.96. The number of hydrazone groups is 1. The molecule has 0 bridgehead atoms. The molecule has 3 aromatic carbocycles. The second kappa shape index (κ2) is 12.2. The van der Waals surface area contributed by atoms with Crippen molar-refractivity contribution in [2.75, 3.05) is 22.3 Å². The van der Waals surface area contributed by atoms with Crippen LogP contribution in [0.2, 0.25) is 0 Å². The van der Waals surface area contributed by atoms with Gasteiger partial charge in [-0.3, -0.25) is 4.79 Å². The van der Waals surface area contributed by atoms with Crippen molar-refractivity contribution in [1.29, 1.82) is 0 Å². The SMILES string of the molecule is Cc1cccc(NC(=O)CSc2nnc(N/N=C/c3ccccc3OCc3cccc(Br)c3)n2N)c1. The highest BCUT2D eigenvalue weighted by molar-refractivity contribution is 9.10. The molecule has 0 radical (unpaired) electrons. The van der Waals surface area contributed by atoms with Gasteiger partial charge in [0.1, 0.15) is 12.4 Å². The van der Waals surface area contributed by atoms with E-state index in [0.717, 1.165) is 26.9 Å². The number of aryl methyl sites for hydroxylation is 1. The molecule has 1 amide bonds. The molecule has 0 unspecified atom stereocenters. The maximum absolute atomic E-state index is 12.3. The van der Waals surface area contributed by atoms with Crippen LogP contribution in [-0.4, -0.2) is 32.7 Å². The number of carbonyl (C=O) groups is 1. The first-order valence-corrected chi connectivity index (χ1v) is 12.7. The first-order valence-electron chi connectivity index (χ1n) is 10.9. The van der Waals surface area contributed by atoms with Crippen LogP contribution in [0.3, 0.4) is 0 Å². The van der Waals surface area contributed by atoms with E-state index in [0.29, 0.717) is 17.5 Å². The van der Waals surface area contributed by atoms with Gasteiger partial charge in [-0.2, -0.15) is 5.10 Å². The molecule has 0 spiro atoms. The van der Waals surface area contributed by atoms with Crippen molar-refractivity contribution in [2.24, 2.45) is 5.10 Å². The number of hydrogen-bond donors (Lipinski definition) is 3. The third-order valence-electron chi connectivity index (χ3n) is 4.87. The van der Waals surface area contributed by atoms with Crippen molar-refractivity contribution in [3.05, 3.63) is 94.0 Å². The summed E-state index contributed by atoms with van der Waals surface area (Å²) in [6, 6.07) is 23.1. The van der Waals surface area contributed by atoms with Gasteiger partial charge in [-0.15, -0.1) is 10.2 Å². The molecule has 1 aromatic heterocycles. The van der Waals surface area contributed by atoms with Crippen molar-refractivity contribution in [2.45, 2.75) is 18.7 Å². The quantitative estimate of drug-likeness (QED) is 0.109. The molecule has 0 aliphatic carbocycles. The first-order chi connectivity index (χ1) is 17.5. The number of benzene rings is 3. The Morgan fingerprint density at radius 3 is 2.81 bits per heavy atom. The van der Waals surface area contributed by atoms with Crippen molar-refractivity contribution < 1.29 is 9.53 Å². The van der Waals surface area contributed by atoms with E-state index in [-0.39, 0.29) is 17.6 Å². The molecule has 11 heteroatoms. The van der Waals surface area contributed by atoms with Gasteiger partial charge in [-0.1, -0.05) is 64.1 Å². The summed E-state index contributed by atoms with van der Waals surface area (Å²) < 4.78 is 8.22. The third kappa shape index (κ3) is 7.09. The maximum Gasteiger partial charge on any atom is 0.264 e. The number of anilines is 2. The van der Waals surface area contributed by atoms with E-state index in [9.17, 15) is 4.79 Å². The first kappa shape index (κ1) is 25.3. The van der Waals surface area contributed by atoms with Gasteiger partial charge >= 0.3 is 0 Å². The minimum Gasteiger partial charge on any atom is -0.488 e. The van der Waals surface area contributed by atoms with E-state index in [1.165, 1.54) is 16.4 Å². The van der Waals surface area contributed by atoms with Gasteiger partial charge in [0.05, 0.1) is 12.0 Å². The van der Waals surface area contributed by atoms with Crippen LogP contribution in [0.1, 0.15) is 16.7 Å². The molecule has 9 nitrogen and oxygen atoms in total. The minimum absolute atomic E-state index is 0.134. The van der Waals surface area contributed by atoms with Gasteiger partial charge < -0.3 is 15.9 Å². The van der Waals surface area contributed by atoms with Gasteiger partial charge in [-0.05, 0) is 54.4 Å². The molecule has 0 aliphatic heterocycles. The maximum atomic E-state index is 12.3. The van der Waals surface area contributed by atoms with Crippen LogP contribution in [0.15, 0.2) is 87.5 Å². The highest BCUT2D eigenvalue weighted by Crippen LogP contribution is 2.20. The highest BCUT2D eigenvalue weighted by atomic mass is 79.9. The van der Waals surface area contributed by atoms with Crippen molar-refractivity contribution in [3.8, 4) is 5.75 Å². The standard InChI is InChI=1S/C25H24BrN7O2S/c1-17-6-4-10-21(12-17)29-23(34)16-36-25-32-31-24(33(25)27)30-28-14-19-8-2-3-11-22(19)35-15-18-7-5-9-20(26)13-18/h2-14H,15-16,27H2,1H3,(H,29,34)(H,30,31)/b28-14+. The summed E-state index contributed by atoms with van der Waals surface area (Å²) in [5, 5.41) is 15.5. The zero-order valence-electron chi connectivity index (χ0n) is 19.4. The third-order valence-corrected chi connectivity index (χ3v) is 6.31. The molecule has 1 heterocycles. The van der Waals surface area contributed by atoms with Crippen LogP contribution >= 0.6 is 27.7 Å². The lowest BCUT2D eigenvalue weighted by molar-refractivity contribution is -0.113. The van der Waals surface area contributed by atoms with Crippen molar-refractivity contribution in [3.63, 3.8) is 0 Å². The zero-order chi connectivity index (χ0) is 25.3. The minimum atomic E-state index is -0.166. The molecule has 4 rings (SSSR count). The Labute approximate surface area is 221 Å². The van der Waals surface area contributed by atoms with Crippen molar-refractivity contribution >= 4 is 51.4 Å².